The van der Waals surface area contributed by atoms with Crippen molar-refractivity contribution in [2.45, 2.75) is 11.8 Å². The van der Waals surface area contributed by atoms with Gasteiger partial charge >= 0.3 is 0 Å². The third-order valence-electron chi connectivity index (χ3n) is 2.57. The largest absolute Gasteiger partial charge is 0.399 e. The van der Waals surface area contributed by atoms with Gasteiger partial charge in [-0.15, -0.1) is 0 Å². The first-order chi connectivity index (χ1) is 8.88. The number of sulfonamides is 1. The Morgan fingerprint density at radius 1 is 1.11 bits per heavy atom. The van der Waals surface area contributed by atoms with Gasteiger partial charge in [0.2, 0.25) is 0 Å². The van der Waals surface area contributed by atoms with Crippen LogP contribution in [-0.2, 0) is 10.0 Å². The molecule has 0 bridgehead atoms. The van der Waals surface area contributed by atoms with Crippen LogP contribution in [0.5, 0.6) is 0 Å². The van der Waals surface area contributed by atoms with Crippen LogP contribution in [0.2, 0.25) is 5.02 Å². The van der Waals surface area contributed by atoms with Crippen LogP contribution in [-0.4, -0.2) is 8.42 Å². The van der Waals surface area contributed by atoms with E-state index in [1.165, 1.54) is 18.2 Å². The summed E-state index contributed by atoms with van der Waals surface area (Å²) in [5.74, 6) is 0. The fourth-order valence-electron chi connectivity index (χ4n) is 1.54. The molecule has 0 heterocycles. The van der Waals surface area contributed by atoms with Crippen molar-refractivity contribution in [1.29, 1.82) is 0 Å². The molecule has 0 saturated carbocycles. The van der Waals surface area contributed by atoms with Gasteiger partial charge in [0.15, 0.2) is 0 Å². The second-order valence-electron chi connectivity index (χ2n) is 4.16. The lowest BCUT2D eigenvalue weighted by atomic mass is 10.2. The maximum atomic E-state index is 12.2. The van der Waals surface area contributed by atoms with Crippen LogP contribution >= 0.6 is 11.6 Å². The van der Waals surface area contributed by atoms with Crippen molar-refractivity contribution in [3.63, 3.8) is 0 Å². The first-order valence-corrected chi connectivity index (χ1v) is 7.39. The second kappa shape index (κ2) is 5.11. The van der Waals surface area contributed by atoms with Crippen LogP contribution in [0.4, 0.5) is 11.4 Å². The van der Waals surface area contributed by atoms with E-state index in [1.807, 2.05) is 6.92 Å². The highest BCUT2D eigenvalue weighted by molar-refractivity contribution is 7.92. The zero-order chi connectivity index (χ0) is 14.0. The summed E-state index contributed by atoms with van der Waals surface area (Å²) in [6, 6.07) is 11.2. The minimum Gasteiger partial charge on any atom is -0.399 e. The lowest BCUT2D eigenvalue weighted by molar-refractivity contribution is 0.601. The molecule has 19 heavy (non-hydrogen) atoms. The fraction of sp³-hybridized carbons (Fsp3) is 0.0769. The average molecular weight is 297 g/mol. The Morgan fingerprint density at radius 3 is 2.37 bits per heavy atom. The third kappa shape index (κ3) is 3.19. The van der Waals surface area contributed by atoms with Crippen molar-refractivity contribution in [2.75, 3.05) is 10.5 Å². The first-order valence-electron chi connectivity index (χ1n) is 5.53. The molecule has 0 saturated heterocycles. The van der Waals surface area contributed by atoms with Crippen molar-refractivity contribution < 1.29 is 8.42 Å². The molecule has 0 aromatic heterocycles. The third-order valence-corrected chi connectivity index (χ3v) is 4.28. The molecule has 0 fully saturated rings. The molecule has 2 aromatic carbocycles. The Balaban J connectivity index is 2.36. The molecule has 4 nitrogen and oxygen atoms in total. The van der Waals surface area contributed by atoms with Crippen LogP contribution in [0.15, 0.2) is 47.4 Å². The molecule has 0 unspecified atom stereocenters. The molecule has 0 aliphatic carbocycles. The highest BCUT2D eigenvalue weighted by Crippen LogP contribution is 2.26. The topological polar surface area (TPSA) is 72.2 Å². The number of anilines is 2. The summed E-state index contributed by atoms with van der Waals surface area (Å²) in [6.07, 6.45) is 0. The maximum absolute atomic E-state index is 12.2. The van der Waals surface area contributed by atoms with E-state index in [0.717, 1.165) is 5.56 Å². The van der Waals surface area contributed by atoms with E-state index in [1.54, 1.807) is 24.3 Å². The zero-order valence-corrected chi connectivity index (χ0v) is 11.8. The Kier molecular flexibility index (Phi) is 3.68. The maximum Gasteiger partial charge on any atom is 0.261 e. The first kappa shape index (κ1) is 13.7. The van der Waals surface area contributed by atoms with Crippen LogP contribution in [0.25, 0.3) is 0 Å². The van der Waals surface area contributed by atoms with Crippen LogP contribution in [0, 0.1) is 6.92 Å². The molecule has 2 rings (SSSR count). The summed E-state index contributed by atoms with van der Waals surface area (Å²) in [6.45, 7) is 1.89. The number of hydrogen-bond acceptors (Lipinski definition) is 3. The van der Waals surface area contributed by atoms with Crippen molar-refractivity contribution in [3.8, 4) is 0 Å². The summed E-state index contributed by atoms with van der Waals surface area (Å²) in [7, 11) is -3.66. The Hall–Kier alpha value is -1.72. The smallest absolute Gasteiger partial charge is 0.261 e. The van der Waals surface area contributed by atoms with Crippen molar-refractivity contribution in [2.24, 2.45) is 0 Å². The molecule has 0 aliphatic heterocycles. The number of halogens is 1. The summed E-state index contributed by atoms with van der Waals surface area (Å²) in [4.78, 5) is 0.177. The molecule has 6 heteroatoms. The van der Waals surface area contributed by atoms with Gasteiger partial charge < -0.3 is 5.73 Å². The molecule has 3 N–H and O–H groups in total. The number of rotatable bonds is 3. The highest BCUT2D eigenvalue weighted by atomic mass is 35.5. The molecular formula is C13H13ClN2O2S. The summed E-state index contributed by atoms with van der Waals surface area (Å²) < 4.78 is 26.8. The van der Waals surface area contributed by atoms with Gasteiger partial charge in [0.05, 0.1) is 15.6 Å². The van der Waals surface area contributed by atoms with Gasteiger partial charge in [0.1, 0.15) is 0 Å². The van der Waals surface area contributed by atoms with Gasteiger partial charge in [-0.25, -0.2) is 8.42 Å². The molecule has 0 atom stereocenters. The number of hydrogen-bond donors (Lipinski definition) is 2. The quantitative estimate of drug-likeness (QED) is 0.855. The number of benzene rings is 2. The molecule has 100 valence electrons. The minimum atomic E-state index is -3.66. The van der Waals surface area contributed by atoms with E-state index in [9.17, 15) is 8.42 Å². The van der Waals surface area contributed by atoms with Crippen LogP contribution in [0.1, 0.15) is 5.56 Å². The standard InChI is InChI=1S/C13H13ClN2O2S/c1-9-2-5-11(6-3-9)19(17,18)16-13-8-10(15)4-7-12(13)14/h2-8,16H,15H2,1H3. The summed E-state index contributed by atoms with van der Waals surface area (Å²) in [5.41, 5.74) is 7.30. The molecule has 0 aliphatic rings. The predicted octanol–water partition coefficient (Wildman–Crippen LogP) is 3.03. The SMILES string of the molecule is Cc1ccc(S(=O)(=O)Nc2cc(N)ccc2Cl)cc1. The Morgan fingerprint density at radius 2 is 1.74 bits per heavy atom. The van der Waals surface area contributed by atoms with Crippen molar-refractivity contribution in [1.82, 2.24) is 0 Å². The van der Waals surface area contributed by atoms with Gasteiger partial charge in [-0.1, -0.05) is 29.3 Å². The lowest BCUT2D eigenvalue weighted by Gasteiger charge is -2.10. The zero-order valence-electron chi connectivity index (χ0n) is 10.2. The summed E-state index contributed by atoms with van der Waals surface area (Å²) in [5, 5.41) is 0.296. The van der Waals surface area contributed by atoms with E-state index in [4.69, 9.17) is 17.3 Å². The number of nitrogen functional groups attached to an aromatic ring is 1. The van der Waals surface area contributed by atoms with Gasteiger partial charge in [-0.2, -0.15) is 0 Å². The Labute approximate surface area is 117 Å². The minimum absolute atomic E-state index is 0.177. The van der Waals surface area contributed by atoms with Crippen LogP contribution < -0.4 is 10.5 Å². The molecule has 0 radical (unpaired) electrons. The molecule has 0 spiro atoms. The van der Waals surface area contributed by atoms with Crippen LogP contribution in [0.3, 0.4) is 0 Å². The van der Waals surface area contributed by atoms with E-state index >= 15 is 0 Å². The fourth-order valence-corrected chi connectivity index (χ4v) is 2.83. The van der Waals surface area contributed by atoms with E-state index in [0.29, 0.717) is 10.7 Å². The van der Waals surface area contributed by atoms with Crippen molar-refractivity contribution in [3.05, 3.63) is 53.1 Å². The van der Waals surface area contributed by atoms with E-state index in [2.05, 4.69) is 4.72 Å². The van der Waals surface area contributed by atoms with E-state index in [-0.39, 0.29) is 10.6 Å². The number of aryl methyl sites for hydroxylation is 1. The van der Waals surface area contributed by atoms with Gasteiger partial charge in [0, 0.05) is 5.69 Å². The molecule has 0 amide bonds. The predicted molar refractivity (Wildman–Crippen MR) is 77.9 cm³/mol. The Bertz CT molecular complexity index is 697. The molecule has 2 aromatic rings. The van der Waals surface area contributed by atoms with E-state index < -0.39 is 10.0 Å². The second-order valence-corrected chi connectivity index (χ2v) is 6.25. The average Bonchev–Trinajstić information content (AvgIpc) is 2.34. The monoisotopic (exact) mass is 296 g/mol. The van der Waals surface area contributed by atoms with Crippen molar-refractivity contribution >= 4 is 33.0 Å². The number of nitrogens with two attached hydrogens (primary N) is 1. The summed E-state index contributed by atoms with van der Waals surface area (Å²) >= 11 is 5.93. The van der Waals surface area contributed by atoms with Gasteiger partial charge in [-0.3, -0.25) is 4.72 Å². The van der Waals surface area contributed by atoms with Gasteiger partial charge in [-0.05, 0) is 37.3 Å². The molecular weight excluding hydrogens is 284 g/mol. The van der Waals surface area contributed by atoms with Gasteiger partial charge in [0.25, 0.3) is 10.0 Å². The lowest BCUT2D eigenvalue weighted by Crippen LogP contribution is -2.13. The number of nitrogens with one attached hydrogen (secondary N) is 1. The normalized spacial score (nSPS) is 11.3. The highest BCUT2D eigenvalue weighted by Gasteiger charge is 2.15.